The third-order valence-corrected chi connectivity index (χ3v) is 2.36. The van der Waals surface area contributed by atoms with Crippen LogP contribution in [0.5, 0.6) is 0 Å². The minimum absolute atomic E-state index is 0.0959. The molecule has 1 aromatic rings. The van der Waals surface area contributed by atoms with Crippen LogP contribution in [0.4, 0.5) is 17.1 Å². The summed E-state index contributed by atoms with van der Waals surface area (Å²) in [5.41, 5.74) is -0.210. The third kappa shape index (κ3) is 2.92. The van der Waals surface area contributed by atoms with Crippen molar-refractivity contribution in [2.75, 3.05) is 12.4 Å². The zero-order chi connectivity index (χ0) is 13.9. The summed E-state index contributed by atoms with van der Waals surface area (Å²) in [4.78, 5) is 20.2. The summed E-state index contributed by atoms with van der Waals surface area (Å²) in [7, 11) is 1.49. The van der Waals surface area contributed by atoms with Gasteiger partial charge >= 0.3 is 0 Å². The number of benzene rings is 1. The molecule has 8 heteroatoms. The topological polar surface area (TPSA) is 119 Å². The summed E-state index contributed by atoms with van der Waals surface area (Å²) < 4.78 is 0. The van der Waals surface area contributed by atoms with Crippen molar-refractivity contribution in [3.8, 4) is 0 Å². The van der Waals surface area contributed by atoms with Crippen LogP contribution in [0.3, 0.4) is 0 Å². The summed E-state index contributed by atoms with van der Waals surface area (Å²) >= 11 is 0. The Bertz CT molecular complexity index is 487. The molecule has 1 unspecified atom stereocenters. The van der Waals surface area contributed by atoms with Crippen molar-refractivity contribution in [2.24, 2.45) is 0 Å². The van der Waals surface area contributed by atoms with Gasteiger partial charge in [0.05, 0.1) is 22.0 Å². The van der Waals surface area contributed by atoms with E-state index in [1.807, 2.05) is 0 Å². The fourth-order valence-corrected chi connectivity index (χ4v) is 1.69. The highest BCUT2D eigenvalue weighted by atomic mass is 16.6. The van der Waals surface area contributed by atoms with Gasteiger partial charge in [0.25, 0.3) is 11.4 Å². The molecule has 0 spiro atoms. The first-order valence-corrected chi connectivity index (χ1v) is 5.18. The molecule has 0 aliphatic heterocycles. The zero-order valence-electron chi connectivity index (χ0n) is 9.91. The first-order valence-electron chi connectivity index (χ1n) is 5.18. The molecule has 0 aliphatic rings. The van der Waals surface area contributed by atoms with Crippen LogP contribution in [0.1, 0.15) is 12.5 Å². The van der Waals surface area contributed by atoms with Crippen molar-refractivity contribution in [3.05, 3.63) is 37.9 Å². The Labute approximate surface area is 103 Å². The highest BCUT2D eigenvalue weighted by Gasteiger charge is 2.23. The van der Waals surface area contributed by atoms with Crippen molar-refractivity contribution in [1.29, 1.82) is 0 Å². The predicted molar refractivity (Wildman–Crippen MR) is 64.7 cm³/mol. The number of nitro groups is 2. The Morgan fingerprint density at radius 3 is 2.33 bits per heavy atom. The normalized spacial score (nSPS) is 11.9. The Hall–Kier alpha value is -2.22. The molecule has 1 aromatic carbocycles. The quantitative estimate of drug-likeness (QED) is 0.607. The highest BCUT2D eigenvalue weighted by Crippen LogP contribution is 2.33. The second-order valence-electron chi connectivity index (χ2n) is 3.82. The molecule has 2 N–H and O–H groups in total. The van der Waals surface area contributed by atoms with Crippen LogP contribution in [0.2, 0.25) is 0 Å². The van der Waals surface area contributed by atoms with Crippen molar-refractivity contribution in [2.45, 2.75) is 19.4 Å². The van der Waals surface area contributed by atoms with Crippen molar-refractivity contribution < 1.29 is 15.0 Å². The first-order chi connectivity index (χ1) is 8.36. The fraction of sp³-hybridized carbons (Fsp3) is 0.400. The Morgan fingerprint density at radius 2 is 1.94 bits per heavy atom. The molecule has 0 saturated heterocycles. The molecular formula is C10H13N3O5. The zero-order valence-corrected chi connectivity index (χ0v) is 9.91. The molecule has 8 nitrogen and oxygen atoms in total. The number of rotatable bonds is 5. The lowest BCUT2D eigenvalue weighted by atomic mass is 10.0. The first kappa shape index (κ1) is 13.8. The van der Waals surface area contributed by atoms with Gasteiger partial charge < -0.3 is 10.4 Å². The third-order valence-electron chi connectivity index (χ3n) is 2.36. The number of aliphatic hydroxyl groups excluding tert-OH is 1. The number of anilines is 1. The molecule has 98 valence electrons. The Morgan fingerprint density at radius 1 is 1.33 bits per heavy atom. The lowest BCUT2D eigenvalue weighted by Gasteiger charge is -2.11. The van der Waals surface area contributed by atoms with E-state index in [1.54, 1.807) is 0 Å². The molecule has 0 aliphatic carbocycles. The maximum absolute atomic E-state index is 10.9. The standard InChI is InChI=1S/C10H13N3O5/c1-6(14)3-7-4-8(12(15)16)5-9(13(17)18)10(7)11-2/h4-6,11,14H,3H2,1-2H3. The maximum atomic E-state index is 10.9. The molecule has 0 amide bonds. The van der Waals surface area contributed by atoms with Gasteiger partial charge in [-0.2, -0.15) is 0 Å². The highest BCUT2D eigenvalue weighted by molar-refractivity contribution is 5.70. The molecule has 18 heavy (non-hydrogen) atoms. The fourth-order valence-electron chi connectivity index (χ4n) is 1.69. The molecule has 1 rings (SSSR count). The monoisotopic (exact) mass is 255 g/mol. The predicted octanol–water partition coefficient (Wildman–Crippen LogP) is 1.47. The van der Waals surface area contributed by atoms with Gasteiger partial charge in [-0.15, -0.1) is 0 Å². The van der Waals surface area contributed by atoms with Crippen LogP contribution in [-0.2, 0) is 6.42 Å². The van der Waals surface area contributed by atoms with Gasteiger partial charge in [-0.05, 0) is 12.5 Å². The molecule has 0 aromatic heterocycles. The summed E-state index contributed by atoms with van der Waals surface area (Å²) in [6.07, 6.45) is -0.655. The smallest absolute Gasteiger partial charge is 0.299 e. The van der Waals surface area contributed by atoms with E-state index in [0.29, 0.717) is 5.56 Å². The average Bonchev–Trinajstić information content (AvgIpc) is 2.26. The van der Waals surface area contributed by atoms with E-state index in [0.717, 1.165) is 6.07 Å². The van der Waals surface area contributed by atoms with E-state index in [4.69, 9.17) is 0 Å². The lowest BCUT2D eigenvalue weighted by molar-refractivity contribution is -0.393. The number of non-ortho nitro benzene ring substituents is 1. The van der Waals surface area contributed by atoms with E-state index in [9.17, 15) is 25.3 Å². The molecular weight excluding hydrogens is 242 g/mol. The van der Waals surface area contributed by atoms with Gasteiger partial charge in [-0.1, -0.05) is 0 Å². The molecule has 0 heterocycles. The SMILES string of the molecule is CNc1c(CC(C)O)cc([N+](=O)[O-])cc1[N+](=O)[O-]. The molecule has 0 fully saturated rings. The van der Waals surface area contributed by atoms with Crippen LogP contribution < -0.4 is 5.32 Å². The summed E-state index contributed by atoms with van der Waals surface area (Å²) in [5, 5.41) is 33.5. The van der Waals surface area contributed by atoms with Crippen molar-refractivity contribution >= 4 is 17.1 Å². The number of hydrogen-bond donors (Lipinski definition) is 2. The van der Waals surface area contributed by atoms with Gasteiger partial charge in [-0.3, -0.25) is 20.2 Å². The van der Waals surface area contributed by atoms with Crippen molar-refractivity contribution in [1.82, 2.24) is 0 Å². The second kappa shape index (κ2) is 5.41. The number of nitrogens with zero attached hydrogens (tertiary/aromatic N) is 2. The van der Waals surface area contributed by atoms with Crippen molar-refractivity contribution in [3.63, 3.8) is 0 Å². The minimum atomic E-state index is -0.751. The van der Waals surface area contributed by atoms with E-state index in [1.165, 1.54) is 20.0 Å². The molecule has 0 saturated carbocycles. The van der Waals surface area contributed by atoms with E-state index < -0.39 is 16.0 Å². The largest absolute Gasteiger partial charge is 0.393 e. The summed E-state index contributed by atoms with van der Waals surface area (Å²) in [5.74, 6) is 0. The summed E-state index contributed by atoms with van der Waals surface area (Å²) in [6.45, 7) is 1.50. The van der Waals surface area contributed by atoms with Gasteiger partial charge in [0.2, 0.25) is 0 Å². The summed E-state index contributed by atoms with van der Waals surface area (Å²) in [6, 6.07) is 2.13. The second-order valence-corrected chi connectivity index (χ2v) is 3.82. The molecule has 0 radical (unpaired) electrons. The average molecular weight is 255 g/mol. The van der Waals surface area contributed by atoms with Crippen LogP contribution in [-0.4, -0.2) is 28.1 Å². The van der Waals surface area contributed by atoms with E-state index in [-0.39, 0.29) is 23.5 Å². The molecule has 1 atom stereocenters. The van der Waals surface area contributed by atoms with Crippen LogP contribution >= 0.6 is 0 Å². The number of hydrogen-bond acceptors (Lipinski definition) is 6. The van der Waals surface area contributed by atoms with Crippen LogP contribution in [0.15, 0.2) is 12.1 Å². The van der Waals surface area contributed by atoms with Gasteiger partial charge in [0.15, 0.2) is 0 Å². The minimum Gasteiger partial charge on any atom is -0.393 e. The number of nitrogens with one attached hydrogen (secondary N) is 1. The van der Waals surface area contributed by atoms with Crippen LogP contribution in [0.25, 0.3) is 0 Å². The Balaban J connectivity index is 3.45. The van der Waals surface area contributed by atoms with Gasteiger partial charge in [0, 0.05) is 19.5 Å². The van der Waals surface area contributed by atoms with Crippen LogP contribution in [0, 0.1) is 20.2 Å². The van der Waals surface area contributed by atoms with Gasteiger partial charge in [-0.25, -0.2) is 0 Å². The van der Waals surface area contributed by atoms with E-state index >= 15 is 0 Å². The maximum Gasteiger partial charge on any atom is 0.299 e. The molecule has 0 bridgehead atoms. The van der Waals surface area contributed by atoms with Gasteiger partial charge in [0.1, 0.15) is 5.69 Å². The Kier molecular flexibility index (Phi) is 4.16. The number of nitro benzene ring substituents is 2. The van der Waals surface area contributed by atoms with E-state index in [2.05, 4.69) is 5.32 Å². The lowest BCUT2D eigenvalue weighted by Crippen LogP contribution is -2.09. The number of aliphatic hydroxyl groups is 1.